The van der Waals surface area contributed by atoms with E-state index in [2.05, 4.69) is 11.6 Å². The molecule has 0 aromatic rings. The van der Waals surface area contributed by atoms with Crippen molar-refractivity contribution in [2.45, 2.75) is 13.0 Å². The van der Waals surface area contributed by atoms with Crippen LogP contribution in [0.25, 0.3) is 0 Å². The van der Waals surface area contributed by atoms with Gasteiger partial charge in [-0.05, 0) is 12.8 Å². The third-order valence-electron chi connectivity index (χ3n) is 0.853. The van der Waals surface area contributed by atoms with Crippen LogP contribution in [0.4, 0.5) is 0 Å². The van der Waals surface area contributed by atoms with Gasteiger partial charge in [0.05, 0.1) is 0 Å². The monoisotopic (exact) mass is 165 g/mol. The van der Waals surface area contributed by atoms with Gasteiger partial charge in [0.15, 0.2) is 0 Å². The van der Waals surface area contributed by atoms with Crippen LogP contribution in [0, 0.1) is 0 Å². The zero-order valence-corrected chi connectivity index (χ0v) is 8.57. The molecule has 0 rings (SSSR count). The van der Waals surface area contributed by atoms with Crippen molar-refractivity contribution in [2.24, 2.45) is 4.99 Å². The van der Waals surface area contributed by atoms with E-state index >= 15 is 0 Å². The third kappa shape index (κ3) is 6.09. The normalized spacial score (nSPS) is 13.0. The Bertz CT molecular complexity index is 179. The predicted molar refractivity (Wildman–Crippen MR) is 34.7 cm³/mol. The van der Waals surface area contributed by atoms with E-state index < -0.39 is 17.9 Å². The Kier molecular flexibility index (Phi) is 7.72. The van der Waals surface area contributed by atoms with Crippen LogP contribution in [0.15, 0.2) is 17.6 Å². The van der Waals surface area contributed by atoms with E-state index in [-0.39, 0.29) is 29.6 Å². The molecule has 0 saturated carbocycles. The van der Waals surface area contributed by atoms with Crippen molar-refractivity contribution >= 4 is 11.9 Å². The van der Waals surface area contributed by atoms with Crippen LogP contribution in [0.5, 0.6) is 0 Å². The van der Waals surface area contributed by atoms with Gasteiger partial charge in [-0.15, -0.1) is 0 Å². The van der Waals surface area contributed by atoms with E-state index in [0.29, 0.717) is 0 Å². The molecule has 0 fully saturated rings. The molecule has 0 aromatic heterocycles. The number of rotatable bonds is 3. The Labute approximate surface area is 86.9 Å². The van der Waals surface area contributed by atoms with Crippen LogP contribution in [0.1, 0.15) is 6.92 Å². The van der Waals surface area contributed by atoms with Gasteiger partial charge in [0, 0.05) is 0 Å². The summed E-state index contributed by atoms with van der Waals surface area (Å²) in [5.41, 5.74) is 0. The van der Waals surface area contributed by atoms with Gasteiger partial charge in [0.25, 0.3) is 0 Å². The summed E-state index contributed by atoms with van der Waals surface area (Å²) in [4.78, 5) is 13.3. The summed E-state index contributed by atoms with van der Waals surface area (Å²) in [6.45, 7) is 4.46. The number of aliphatic carboxylic acids is 1. The van der Waals surface area contributed by atoms with E-state index in [1.54, 1.807) is 0 Å². The molecule has 5 heteroatoms. The molecular weight excluding hydrogens is 157 g/mol. The number of carbonyl (C=O) groups is 1. The summed E-state index contributed by atoms with van der Waals surface area (Å²) >= 11 is 0. The van der Waals surface area contributed by atoms with Gasteiger partial charge in [-0.3, -0.25) is 4.99 Å². The van der Waals surface area contributed by atoms with E-state index in [1.807, 2.05) is 0 Å². The van der Waals surface area contributed by atoms with E-state index in [4.69, 9.17) is 5.11 Å². The summed E-state index contributed by atoms with van der Waals surface area (Å²) in [7, 11) is 0. The second-order valence-electron chi connectivity index (χ2n) is 1.69. The maximum atomic E-state index is 10.4. The largest absolute Gasteiger partial charge is 1.00 e. The molecule has 0 saturated heterocycles. The minimum absolute atomic E-state index is 0. The minimum atomic E-state index is -1.12. The molecule has 0 heterocycles. The summed E-state index contributed by atoms with van der Waals surface area (Å²) in [5.74, 6) is -1.72. The van der Waals surface area contributed by atoms with Crippen molar-refractivity contribution in [3.05, 3.63) is 12.7 Å². The quantitative estimate of drug-likeness (QED) is 0.267. The van der Waals surface area contributed by atoms with Crippen molar-refractivity contribution in [3.63, 3.8) is 0 Å². The summed E-state index contributed by atoms with van der Waals surface area (Å²) in [6, 6.07) is -0.981. The molecule has 0 radical (unpaired) electrons. The van der Waals surface area contributed by atoms with Crippen LogP contribution in [-0.4, -0.2) is 23.0 Å². The van der Waals surface area contributed by atoms with Gasteiger partial charge in [-0.25, -0.2) is 4.79 Å². The van der Waals surface area contributed by atoms with Crippen molar-refractivity contribution in [1.82, 2.24) is 0 Å². The summed E-state index contributed by atoms with van der Waals surface area (Å²) in [6.07, 6.45) is 0.972. The predicted octanol–water partition coefficient (Wildman–Crippen LogP) is -3.59. The molecule has 0 bridgehead atoms. The topological polar surface area (TPSA) is 72.7 Å². The molecule has 4 nitrogen and oxygen atoms in total. The molecule has 1 atom stereocenters. The van der Waals surface area contributed by atoms with Crippen LogP contribution in [-0.2, 0) is 4.79 Å². The fourth-order valence-corrected chi connectivity index (χ4v) is 0.299. The zero-order chi connectivity index (χ0) is 8.15. The van der Waals surface area contributed by atoms with Gasteiger partial charge in [0.1, 0.15) is 6.04 Å². The standard InChI is InChI=1S/C6H9NO3.Na/c1-3-5(8)7-4(2)6(9)10;/h3-4H,1H2,2H3,(H,7,8)(H,9,10);/q;+1/p-1/t4-;/m0./s1. The maximum absolute atomic E-state index is 10.4. The first-order valence-corrected chi connectivity index (χ1v) is 2.68. The number of aliphatic imine (C=N–C) groups is 1. The van der Waals surface area contributed by atoms with Gasteiger partial charge in [0.2, 0.25) is 0 Å². The molecule has 0 amide bonds. The molecule has 0 spiro atoms. The number of carboxylic acids is 1. The Hall–Kier alpha value is -0.320. The fraction of sp³-hybridized carbons (Fsp3) is 0.333. The molecular formula is C6H8NNaO3. The molecule has 0 aliphatic rings. The van der Waals surface area contributed by atoms with Crippen LogP contribution < -0.4 is 34.7 Å². The van der Waals surface area contributed by atoms with Crippen molar-refractivity contribution in [2.75, 3.05) is 0 Å². The molecule has 56 valence electrons. The summed E-state index contributed by atoms with van der Waals surface area (Å²) < 4.78 is 0. The van der Waals surface area contributed by atoms with Crippen LogP contribution in [0.2, 0.25) is 0 Å². The Balaban J connectivity index is 0. The zero-order valence-electron chi connectivity index (χ0n) is 6.57. The van der Waals surface area contributed by atoms with Gasteiger partial charge in [-0.1, -0.05) is 12.7 Å². The minimum Gasteiger partial charge on any atom is -0.859 e. The van der Waals surface area contributed by atoms with Gasteiger partial charge < -0.3 is 10.2 Å². The Morgan fingerprint density at radius 3 is 2.55 bits per heavy atom. The molecule has 0 aliphatic carbocycles. The molecule has 0 unspecified atom stereocenters. The number of hydrogen-bond donors (Lipinski definition) is 1. The third-order valence-corrected chi connectivity index (χ3v) is 0.853. The van der Waals surface area contributed by atoms with Crippen molar-refractivity contribution < 1.29 is 44.6 Å². The van der Waals surface area contributed by atoms with E-state index in [0.717, 1.165) is 6.08 Å². The van der Waals surface area contributed by atoms with E-state index in [1.165, 1.54) is 6.92 Å². The first-order valence-electron chi connectivity index (χ1n) is 2.68. The Morgan fingerprint density at radius 2 is 2.27 bits per heavy atom. The van der Waals surface area contributed by atoms with Crippen LogP contribution >= 0.6 is 0 Å². The smallest absolute Gasteiger partial charge is 0.859 e. The SMILES string of the molecule is C=CC([O-])=N[C@@H](C)C(=O)O.[Na+]. The first-order chi connectivity index (χ1) is 4.57. The van der Waals surface area contributed by atoms with E-state index in [9.17, 15) is 9.90 Å². The first kappa shape index (κ1) is 13.3. The average molecular weight is 165 g/mol. The van der Waals surface area contributed by atoms with Crippen LogP contribution in [0.3, 0.4) is 0 Å². The second kappa shape index (κ2) is 6.39. The molecule has 11 heavy (non-hydrogen) atoms. The second-order valence-corrected chi connectivity index (χ2v) is 1.69. The molecule has 1 N–H and O–H groups in total. The average Bonchev–Trinajstić information content (AvgIpc) is 1.87. The van der Waals surface area contributed by atoms with Gasteiger partial charge in [-0.2, -0.15) is 0 Å². The number of nitrogens with zero attached hydrogens (tertiary/aromatic N) is 1. The summed E-state index contributed by atoms with van der Waals surface area (Å²) in [5, 5.41) is 18.6. The molecule has 0 aliphatic heterocycles. The van der Waals surface area contributed by atoms with Gasteiger partial charge >= 0.3 is 35.5 Å². The van der Waals surface area contributed by atoms with Crippen molar-refractivity contribution in [1.29, 1.82) is 0 Å². The van der Waals surface area contributed by atoms with Crippen molar-refractivity contribution in [3.8, 4) is 0 Å². The Morgan fingerprint density at radius 1 is 1.82 bits per heavy atom. The number of carboxylic acid groups (broad SMARTS) is 1. The maximum Gasteiger partial charge on any atom is 1.00 e. The molecule has 0 aromatic carbocycles. The number of hydrogen-bond acceptors (Lipinski definition) is 3. The fourth-order valence-electron chi connectivity index (χ4n) is 0.299.